The summed E-state index contributed by atoms with van der Waals surface area (Å²) in [5.41, 5.74) is 6.41. The minimum Gasteiger partial charge on any atom is -0.507 e. The smallest absolute Gasteiger partial charge is 0.275 e. The van der Waals surface area contributed by atoms with E-state index in [0.29, 0.717) is 0 Å². The largest absolute Gasteiger partial charge is 0.507 e. The summed E-state index contributed by atoms with van der Waals surface area (Å²) in [7, 11) is 0. The Kier molecular flexibility index (Phi) is 6.52. The molecule has 8 heteroatoms. The molecule has 2 amide bonds. The van der Waals surface area contributed by atoms with E-state index in [1.165, 1.54) is 36.7 Å². The van der Waals surface area contributed by atoms with Crippen LogP contribution in [0.4, 0.5) is 0 Å². The maximum absolute atomic E-state index is 12.0. The zero-order valence-corrected chi connectivity index (χ0v) is 15.7. The van der Waals surface area contributed by atoms with Crippen LogP contribution in [0.15, 0.2) is 83.0 Å². The average molecular weight is 402 g/mol. The first kappa shape index (κ1) is 20.3. The summed E-state index contributed by atoms with van der Waals surface area (Å²) >= 11 is 0. The number of para-hydroxylation sites is 2. The second-order valence-corrected chi connectivity index (χ2v) is 6.10. The third kappa shape index (κ3) is 5.29. The Morgan fingerprint density at radius 1 is 0.633 bits per heavy atom. The minimum atomic E-state index is -0.520. The Hall–Kier alpha value is -4.46. The van der Waals surface area contributed by atoms with Gasteiger partial charge < -0.3 is 10.2 Å². The Balaban J connectivity index is 1.53. The third-order valence-electron chi connectivity index (χ3n) is 3.99. The number of benzene rings is 3. The molecule has 0 heterocycles. The standard InChI is InChI=1S/C22H18N4O4/c27-19-7-3-1-5-17(19)21(29)25-23-13-15-9-11-16(12-10-15)14-24-26-22(30)18-6-2-4-8-20(18)28/h1-14,27-28H,(H,25,29)(H,26,30)/b23-13+,24-14+. The quantitative estimate of drug-likeness (QED) is 0.374. The molecule has 0 spiro atoms. The van der Waals surface area contributed by atoms with Crippen LogP contribution in [0, 0.1) is 0 Å². The Labute approximate surface area is 172 Å². The van der Waals surface area contributed by atoms with Crippen LogP contribution in [0.1, 0.15) is 31.8 Å². The van der Waals surface area contributed by atoms with Crippen LogP contribution in [0.5, 0.6) is 11.5 Å². The lowest BCUT2D eigenvalue weighted by Crippen LogP contribution is -2.17. The highest BCUT2D eigenvalue weighted by Gasteiger charge is 2.09. The predicted molar refractivity (Wildman–Crippen MR) is 113 cm³/mol. The van der Waals surface area contributed by atoms with Crippen molar-refractivity contribution in [2.24, 2.45) is 10.2 Å². The van der Waals surface area contributed by atoms with E-state index in [4.69, 9.17) is 0 Å². The van der Waals surface area contributed by atoms with Crippen molar-refractivity contribution in [1.82, 2.24) is 10.9 Å². The molecule has 0 unspecified atom stereocenters. The van der Waals surface area contributed by atoms with Gasteiger partial charge in [0.25, 0.3) is 11.8 Å². The van der Waals surface area contributed by atoms with Crippen LogP contribution in [-0.2, 0) is 0 Å². The van der Waals surface area contributed by atoms with E-state index in [-0.39, 0.29) is 22.6 Å². The van der Waals surface area contributed by atoms with Crippen molar-refractivity contribution in [2.75, 3.05) is 0 Å². The number of hydrogen-bond donors (Lipinski definition) is 4. The summed E-state index contributed by atoms with van der Waals surface area (Å²) in [5, 5.41) is 27.0. The number of phenols is 2. The Bertz CT molecular complexity index is 1020. The molecule has 8 nitrogen and oxygen atoms in total. The first-order chi connectivity index (χ1) is 14.5. The topological polar surface area (TPSA) is 123 Å². The third-order valence-corrected chi connectivity index (χ3v) is 3.99. The highest BCUT2D eigenvalue weighted by atomic mass is 16.3. The lowest BCUT2D eigenvalue weighted by molar-refractivity contribution is 0.0944. The predicted octanol–water partition coefficient (Wildman–Crippen LogP) is 2.63. The van der Waals surface area contributed by atoms with Crippen LogP contribution < -0.4 is 10.9 Å². The number of carbonyl (C=O) groups is 2. The maximum Gasteiger partial charge on any atom is 0.275 e. The summed E-state index contributed by atoms with van der Waals surface area (Å²) in [6.07, 6.45) is 2.91. The van der Waals surface area contributed by atoms with Gasteiger partial charge in [-0.05, 0) is 35.4 Å². The molecule has 0 saturated carbocycles. The summed E-state index contributed by atoms with van der Waals surface area (Å²) in [5.74, 6) is -1.28. The number of carbonyl (C=O) groups excluding carboxylic acids is 2. The van der Waals surface area contributed by atoms with Gasteiger partial charge in [-0.3, -0.25) is 9.59 Å². The molecule has 0 atom stereocenters. The van der Waals surface area contributed by atoms with Crippen molar-refractivity contribution >= 4 is 24.2 Å². The average Bonchev–Trinajstić information content (AvgIpc) is 2.75. The van der Waals surface area contributed by atoms with E-state index in [0.717, 1.165) is 11.1 Å². The number of nitrogens with zero attached hydrogens (tertiary/aromatic N) is 2. The van der Waals surface area contributed by atoms with Crippen molar-refractivity contribution < 1.29 is 19.8 Å². The number of hydrazone groups is 2. The molecule has 0 radical (unpaired) electrons. The second kappa shape index (κ2) is 9.65. The number of aromatic hydroxyl groups is 2. The molecule has 3 rings (SSSR count). The fourth-order valence-corrected chi connectivity index (χ4v) is 2.45. The molecule has 30 heavy (non-hydrogen) atoms. The monoisotopic (exact) mass is 402 g/mol. The fourth-order valence-electron chi connectivity index (χ4n) is 2.45. The van der Waals surface area contributed by atoms with E-state index >= 15 is 0 Å². The molecule has 4 N–H and O–H groups in total. The first-order valence-electron chi connectivity index (χ1n) is 8.87. The van der Waals surface area contributed by atoms with Crippen molar-refractivity contribution in [3.8, 4) is 11.5 Å². The molecule has 0 aliphatic carbocycles. The van der Waals surface area contributed by atoms with Crippen molar-refractivity contribution in [3.63, 3.8) is 0 Å². The second-order valence-electron chi connectivity index (χ2n) is 6.10. The zero-order valence-electron chi connectivity index (χ0n) is 15.7. The Morgan fingerprint density at radius 2 is 1.00 bits per heavy atom. The fraction of sp³-hybridized carbons (Fsp3) is 0. The molecule has 0 fully saturated rings. The number of rotatable bonds is 6. The van der Waals surface area contributed by atoms with Gasteiger partial charge in [0, 0.05) is 0 Å². The van der Waals surface area contributed by atoms with E-state index in [1.54, 1.807) is 48.5 Å². The molecular weight excluding hydrogens is 384 g/mol. The molecule has 3 aromatic rings. The minimum absolute atomic E-state index is 0.122. The lowest BCUT2D eigenvalue weighted by atomic mass is 10.2. The normalized spacial score (nSPS) is 10.9. The highest BCUT2D eigenvalue weighted by Crippen LogP contribution is 2.15. The van der Waals surface area contributed by atoms with Gasteiger partial charge >= 0.3 is 0 Å². The van der Waals surface area contributed by atoms with Gasteiger partial charge in [0.15, 0.2) is 0 Å². The van der Waals surface area contributed by atoms with Crippen molar-refractivity contribution in [1.29, 1.82) is 0 Å². The molecule has 0 saturated heterocycles. The molecule has 3 aromatic carbocycles. The van der Waals surface area contributed by atoms with Gasteiger partial charge in [-0.1, -0.05) is 48.5 Å². The molecular formula is C22H18N4O4. The van der Waals surface area contributed by atoms with E-state index in [1.807, 2.05) is 0 Å². The zero-order chi connectivity index (χ0) is 21.3. The van der Waals surface area contributed by atoms with Gasteiger partial charge in [0.2, 0.25) is 0 Å². The summed E-state index contributed by atoms with van der Waals surface area (Å²) in [6, 6.07) is 19.4. The van der Waals surface area contributed by atoms with Crippen LogP contribution in [0.2, 0.25) is 0 Å². The maximum atomic E-state index is 12.0. The summed E-state index contributed by atoms with van der Waals surface area (Å²) in [4.78, 5) is 23.9. The van der Waals surface area contributed by atoms with Crippen LogP contribution in [-0.4, -0.2) is 34.5 Å². The van der Waals surface area contributed by atoms with Crippen molar-refractivity contribution in [3.05, 3.63) is 95.1 Å². The van der Waals surface area contributed by atoms with Gasteiger partial charge in [0.05, 0.1) is 23.6 Å². The first-order valence-corrected chi connectivity index (χ1v) is 8.87. The van der Waals surface area contributed by atoms with E-state index in [9.17, 15) is 19.8 Å². The SMILES string of the molecule is O=C(N/N=C/c1ccc(/C=N/NC(=O)c2ccccc2O)cc1)c1ccccc1O. The summed E-state index contributed by atoms with van der Waals surface area (Å²) < 4.78 is 0. The summed E-state index contributed by atoms with van der Waals surface area (Å²) in [6.45, 7) is 0. The molecule has 0 bridgehead atoms. The van der Waals surface area contributed by atoms with E-state index < -0.39 is 11.8 Å². The molecule has 0 aliphatic heterocycles. The molecule has 0 aromatic heterocycles. The van der Waals surface area contributed by atoms with Gasteiger partial charge in [-0.2, -0.15) is 10.2 Å². The number of phenolic OH excluding ortho intramolecular Hbond substituents is 2. The van der Waals surface area contributed by atoms with Crippen LogP contribution in [0.3, 0.4) is 0 Å². The number of hydrogen-bond acceptors (Lipinski definition) is 6. The van der Waals surface area contributed by atoms with Gasteiger partial charge in [-0.15, -0.1) is 0 Å². The number of amides is 2. The van der Waals surface area contributed by atoms with Crippen LogP contribution >= 0.6 is 0 Å². The highest BCUT2D eigenvalue weighted by molar-refractivity contribution is 5.98. The lowest BCUT2D eigenvalue weighted by Gasteiger charge is -2.02. The molecule has 0 aliphatic rings. The Morgan fingerprint density at radius 3 is 1.37 bits per heavy atom. The van der Waals surface area contributed by atoms with Crippen molar-refractivity contribution in [2.45, 2.75) is 0 Å². The number of nitrogens with one attached hydrogen (secondary N) is 2. The molecule has 150 valence electrons. The van der Waals surface area contributed by atoms with Crippen LogP contribution in [0.25, 0.3) is 0 Å². The van der Waals surface area contributed by atoms with Gasteiger partial charge in [0.1, 0.15) is 11.5 Å². The van der Waals surface area contributed by atoms with Gasteiger partial charge in [-0.25, -0.2) is 10.9 Å². The van der Waals surface area contributed by atoms with E-state index in [2.05, 4.69) is 21.1 Å².